The molecule has 1 aliphatic rings. The first-order valence-corrected chi connectivity index (χ1v) is 6.84. The van der Waals surface area contributed by atoms with Crippen molar-refractivity contribution >= 4 is 18.1 Å². The van der Waals surface area contributed by atoms with Crippen LogP contribution < -0.4 is 5.32 Å². The first kappa shape index (κ1) is 15.4. The molecule has 0 aliphatic carbocycles. The fraction of sp³-hybridized carbons (Fsp3) is 0.643. The molecule has 0 radical (unpaired) electrons. The predicted octanol–water partition coefficient (Wildman–Crippen LogP) is 1.97. The lowest BCUT2D eigenvalue weighted by Gasteiger charge is -2.05. The maximum absolute atomic E-state index is 11.5. The maximum atomic E-state index is 11.5. The Morgan fingerprint density at radius 2 is 2.26 bits per heavy atom. The minimum atomic E-state index is -0.220. The van der Waals surface area contributed by atoms with Gasteiger partial charge in [0.05, 0.1) is 6.61 Å². The molecule has 0 bridgehead atoms. The quantitative estimate of drug-likeness (QED) is 0.649. The number of carbonyl (C=O) groups excluding carboxylic acids is 2. The van der Waals surface area contributed by atoms with Crippen molar-refractivity contribution < 1.29 is 14.3 Å². The lowest BCUT2D eigenvalue weighted by Crippen LogP contribution is -2.24. The summed E-state index contributed by atoms with van der Waals surface area (Å²) in [7, 11) is 0. The van der Waals surface area contributed by atoms with E-state index in [0.717, 1.165) is 19.3 Å². The highest BCUT2D eigenvalue weighted by molar-refractivity contribution is 5.77. The number of nitrogens with zero attached hydrogens (tertiary/aromatic N) is 1. The fourth-order valence-electron chi connectivity index (χ4n) is 1.68. The van der Waals surface area contributed by atoms with Gasteiger partial charge in [0.25, 0.3) is 0 Å². The third kappa shape index (κ3) is 7.39. The zero-order valence-electron chi connectivity index (χ0n) is 11.5. The van der Waals surface area contributed by atoms with Crippen LogP contribution in [0.5, 0.6) is 0 Å². The van der Waals surface area contributed by atoms with E-state index in [-0.39, 0.29) is 11.9 Å². The van der Waals surface area contributed by atoms with E-state index in [1.807, 2.05) is 19.3 Å². The van der Waals surface area contributed by atoms with E-state index in [0.29, 0.717) is 32.4 Å². The van der Waals surface area contributed by atoms with Crippen molar-refractivity contribution in [3.05, 3.63) is 11.8 Å². The number of hydrogen-bond donors (Lipinski definition) is 1. The third-order valence-corrected chi connectivity index (χ3v) is 2.74. The van der Waals surface area contributed by atoms with E-state index < -0.39 is 0 Å². The number of ether oxygens (including phenoxy) is 1. The van der Waals surface area contributed by atoms with Gasteiger partial charge in [-0.15, -0.1) is 0 Å². The molecule has 1 rings (SSSR count). The van der Waals surface area contributed by atoms with Crippen LogP contribution in [0.4, 0.5) is 0 Å². The van der Waals surface area contributed by atoms with Crippen LogP contribution in [0.15, 0.2) is 16.8 Å². The van der Waals surface area contributed by atoms with Gasteiger partial charge in [-0.1, -0.05) is 6.92 Å². The van der Waals surface area contributed by atoms with Gasteiger partial charge in [0.1, 0.15) is 0 Å². The van der Waals surface area contributed by atoms with Crippen LogP contribution in [0.25, 0.3) is 0 Å². The van der Waals surface area contributed by atoms with E-state index in [1.54, 1.807) is 0 Å². The van der Waals surface area contributed by atoms with E-state index in [9.17, 15) is 9.59 Å². The highest BCUT2D eigenvalue weighted by atomic mass is 16.5. The largest absolute Gasteiger partial charge is 0.466 e. The molecule has 1 aliphatic heterocycles. The summed E-state index contributed by atoms with van der Waals surface area (Å²) >= 11 is 0. The molecule has 0 aromatic rings. The second-order valence-corrected chi connectivity index (χ2v) is 4.50. The van der Waals surface area contributed by atoms with E-state index in [4.69, 9.17) is 4.74 Å². The molecule has 0 spiro atoms. The average Bonchev–Trinajstić information content (AvgIpc) is 2.89. The zero-order valence-corrected chi connectivity index (χ0v) is 11.5. The van der Waals surface area contributed by atoms with Crippen molar-refractivity contribution in [2.24, 2.45) is 4.99 Å². The molecule has 1 N–H and O–H groups in total. The number of nitrogens with one attached hydrogen (secondary N) is 1. The monoisotopic (exact) mass is 266 g/mol. The van der Waals surface area contributed by atoms with Crippen molar-refractivity contribution in [3.63, 3.8) is 0 Å². The number of amides is 1. The standard InChI is InChI=1S/C14H22N2O3/c1-2-10-19-14(18)5-3-4-13(17)16-9-7-12-6-8-15-11-12/h8,11H,2-7,9-10H2,1H3,(H,16,17). The maximum Gasteiger partial charge on any atom is 0.305 e. The molecular weight excluding hydrogens is 244 g/mol. The third-order valence-electron chi connectivity index (χ3n) is 2.74. The lowest BCUT2D eigenvalue weighted by atomic mass is 10.1. The van der Waals surface area contributed by atoms with Crippen LogP contribution in [0.1, 0.15) is 45.4 Å². The Morgan fingerprint density at radius 1 is 1.42 bits per heavy atom. The molecule has 0 aromatic carbocycles. The molecule has 0 fully saturated rings. The van der Waals surface area contributed by atoms with Crippen molar-refractivity contribution in [2.75, 3.05) is 13.2 Å². The molecule has 0 unspecified atom stereocenters. The van der Waals surface area contributed by atoms with Crippen molar-refractivity contribution in [1.82, 2.24) is 5.32 Å². The van der Waals surface area contributed by atoms with Crippen LogP contribution >= 0.6 is 0 Å². The Labute approximate surface area is 114 Å². The van der Waals surface area contributed by atoms with Crippen molar-refractivity contribution in [1.29, 1.82) is 0 Å². The predicted molar refractivity (Wildman–Crippen MR) is 73.9 cm³/mol. The first-order valence-electron chi connectivity index (χ1n) is 6.84. The minimum absolute atomic E-state index is 0.0113. The molecule has 5 nitrogen and oxygen atoms in total. The van der Waals surface area contributed by atoms with Gasteiger partial charge in [0, 0.05) is 38.2 Å². The molecule has 1 amide bonds. The Hall–Kier alpha value is -1.65. The Morgan fingerprint density at radius 3 is 2.95 bits per heavy atom. The molecule has 5 heteroatoms. The Balaban J connectivity index is 1.97. The van der Waals surface area contributed by atoms with Crippen LogP contribution in [0.2, 0.25) is 0 Å². The molecular formula is C14H22N2O3. The highest BCUT2D eigenvalue weighted by Gasteiger charge is 2.06. The fourth-order valence-corrected chi connectivity index (χ4v) is 1.68. The second kappa shape index (κ2) is 9.30. The topological polar surface area (TPSA) is 67.8 Å². The summed E-state index contributed by atoms with van der Waals surface area (Å²) in [5.74, 6) is -0.231. The molecule has 106 valence electrons. The normalized spacial score (nSPS) is 13.2. The summed E-state index contributed by atoms with van der Waals surface area (Å²) in [6.07, 6.45) is 7.48. The van der Waals surface area contributed by atoms with Crippen molar-refractivity contribution in [2.45, 2.75) is 45.4 Å². The van der Waals surface area contributed by atoms with Gasteiger partial charge >= 0.3 is 5.97 Å². The molecule has 19 heavy (non-hydrogen) atoms. The number of carbonyl (C=O) groups is 2. The summed E-state index contributed by atoms with van der Waals surface area (Å²) in [4.78, 5) is 26.7. The van der Waals surface area contributed by atoms with E-state index >= 15 is 0 Å². The molecule has 0 aromatic heterocycles. The van der Waals surface area contributed by atoms with Gasteiger partial charge in [-0.25, -0.2) is 0 Å². The first-order chi connectivity index (χ1) is 9.22. The Kier molecular flexibility index (Phi) is 7.54. The van der Waals surface area contributed by atoms with Crippen LogP contribution in [-0.4, -0.2) is 31.2 Å². The van der Waals surface area contributed by atoms with Gasteiger partial charge in [-0.2, -0.15) is 0 Å². The second-order valence-electron chi connectivity index (χ2n) is 4.50. The number of esters is 1. The molecule has 0 atom stereocenters. The van der Waals surface area contributed by atoms with Gasteiger partial charge < -0.3 is 10.1 Å². The van der Waals surface area contributed by atoms with Crippen LogP contribution in [0.3, 0.4) is 0 Å². The van der Waals surface area contributed by atoms with Gasteiger partial charge in [0.15, 0.2) is 0 Å². The Bertz CT molecular complexity index is 362. The van der Waals surface area contributed by atoms with E-state index in [2.05, 4.69) is 10.3 Å². The summed E-state index contributed by atoms with van der Waals surface area (Å²) in [5.41, 5.74) is 1.24. The number of hydrogen-bond acceptors (Lipinski definition) is 4. The zero-order chi connectivity index (χ0) is 13.9. The average molecular weight is 266 g/mol. The van der Waals surface area contributed by atoms with Gasteiger partial charge in [0.2, 0.25) is 5.91 Å². The van der Waals surface area contributed by atoms with Crippen molar-refractivity contribution in [3.8, 4) is 0 Å². The van der Waals surface area contributed by atoms with Gasteiger partial charge in [-0.3, -0.25) is 14.6 Å². The van der Waals surface area contributed by atoms with E-state index in [1.165, 1.54) is 5.57 Å². The summed E-state index contributed by atoms with van der Waals surface area (Å²) in [6, 6.07) is 0. The highest BCUT2D eigenvalue weighted by Crippen LogP contribution is 2.09. The minimum Gasteiger partial charge on any atom is -0.466 e. The van der Waals surface area contributed by atoms with Gasteiger partial charge in [-0.05, 0) is 24.8 Å². The lowest BCUT2D eigenvalue weighted by molar-refractivity contribution is -0.143. The molecule has 1 heterocycles. The number of aliphatic imine (C=N–C) groups is 1. The molecule has 0 saturated heterocycles. The van der Waals surface area contributed by atoms with Crippen LogP contribution in [0, 0.1) is 0 Å². The molecule has 0 saturated carbocycles. The summed E-state index contributed by atoms with van der Waals surface area (Å²) < 4.78 is 4.93. The smallest absolute Gasteiger partial charge is 0.305 e. The SMILES string of the molecule is CCCOC(=O)CCCC(=O)NCCC1=CN=CC1. The summed E-state index contributed by atoms with van der Waals surface area (Å²) in [6.45, 7) is 3.04. The number of rotatable bonds is 9. The van der Waals surface area contributed by atoms with Crippen LogP contribution in [-0.2, 0) is 14.3 Å². The summed E-state index contributed by atoms with van der Waals surface area (Å²) in [5, 5.41) is 2.84.